The van der Waals surface area contributed by atoms with E-state index in [1.165, 1.54) is 6.07 Å². The Morgan fingerprint density at radius 2 is 2.00 bits per heavy atom. The molecule has 0 spiro atoms. The van der Waals surface area contributed by atoms with Crippen molar-refractivity contribution in [2.75, 3.05) is 6.54 Å². The van der Waals surface area contributed by atoms with Crippen LogP contribution in [0.4, 0.5) is 4.39 Å². The van der Waals surface area contributed by atoms with Gasteiger partial charge in [0, 0.05) is 6.54 Å². The molecular formula is C18H21FN2O4. The molecule has 4 fully saturated rings. The predicted octanol–water partition coefficient (Wildman–Crippen LogP) is 1.78. The second-order valence-corrected chi connectivity index (χ2v) is 8.16. The molecule has 5 rings (SSSR count). The summed E-state index contributed by atoms with van der Waals surface area (Å²) in [6.07, 6.45) is 3.29. The number of pyridine rings is 1. The van der Waals surface area contributed by atoms with E-state index >= 15 is 0 Å². The number of fused-ring (bicyclic) bond motifs is 1. The van der Waals surface area contributed by atoms with Gasteiger partial charge in [-0.1, -0.05) is 0 Å². The minimum absolute atomic E-state index is 0.151. The fraction of sp³-hybridized carbons (Fsp3) is 0.611. The van der Waals surface area contributed by atoms with E-state index in [0.717, 1.165) is 6.20 Å². The van der Waals surface area contributed by atoms with Crippen molar-refractivity contribution < 1.29 is 23.8 Å². The van der Waals surface area contributed by atoms with Crippen LogP contribution in [0.3, 0.4) is 0 Å². The SMILES string of the molecule is CC1(C)OC2(CNC(=O)C3(c4ccc(F)cn4)CC3)CC1(C(=O)O)C2. The summed E-state index contributed by atoms with van der Waals surface area (Å²) in [7, 11) is 0. The fourth-order valence-electron chi connectivity index (χ4n) is 4.55. The molecule has 0 atom stereocenters. The van der Waals surface area contributed by atoms with Crippen molar-refractivity contribution in [2.45, 2.75) is 56.1 Å². The van der Waals surface area contributed by atoms with Gasteiger partial charge >= 0.3 is 5.97 Å². The largest absolute Gasteiger partial charge is 0.481 e. The number of nitrogens with one attached hydrogen (secondary N) is 1. The number of carboxylic acids is 1. The second kappa shape index (κ2) is 4.78. The fourth-order valence-corrected chi connectivity index (χ4v) is 4.55. The first-order valence-corrected chi connectivity index (χ1v) is 8.49. The van der Waals surface area contributed by atoms with Crippen LogP contribution < -0.4 is 5.32 Å². The summed E-state index contributed by atoms with van der Waals surface area (Å²) in [6, 6.07) is 2.86. The van der Waals surface area contributed by atoms with E-state index in [9.17, 15) is 19.1 Å². The Labute approximate surface area is 144 Å². The molecule has 1 amide bonds. The molecule has 2 bridgehead atoms. The van der Waals surface area contributed by atoms with Gasteiger partial charge in [0.2, 0.25) is 5.91 Å². The molecule has 134 valence electrons. The first-order chi connectivity index (χ1) is 11.6. The second-order valence-electron chi connectivity index (χ2n) is 8.16. The molecule has 4 aliphatic rings. The summed E-state index contributed by atoms with van der Waals surface area (Å²) in [4.78, 5) is 28.4. The normalized spacial score (nSPS) is 33.4. The van der Waals surface area contributed by atoms with E-state index < -0.39 is 33.8 Å². The molecular weight excluding hydrogens is 327 g/mol. The van der Waals surface area contributed by atoms with Gasteiger partial charge in [-0.15, -0.1) is 0 Å². The average Bonchev–Trinajstić information content (AvgIpc) is 3.22. The molecule has 0 aromatic carbocycles. The van der Waals surface area contributed by atoms with E-state index in [0.29, 0.717) is 31.4 Å². The third-order valence-corrected chi connectivity index (χ3v) is 6.25. The Bertz CT molecular complexity index is 749. The van der Waals surface area contributed by atoms with Crippen molar-refractivity contribution in [1.82, 2.24) is 10.3 Å². The molecule has 2 N–H and O–H groups in total. The summed E-state index contributed by atoms with van der Waals surface area (Å²) in [5.41, 5.74) is -2.34. The monoisotopic (exact) mass is 348 g/mol. The lowest BCUT2D eigenvalue weighted by molar-refractivity contribution is -0.157. The molecule has 2 aliphatic carbocycles. The maximum Gasteiger partial charge on any atom is 0.312 e. The number of hydrogen-bond acceptors (Lipinski definition) is 4. The highest BCUT2D eigenvalue weighted by Crippen LogP contribution is 2.66. The van der Waals surface area contributed by atoms with Crippen LogP contribution in [-0.4, -0.2) is 39.7 Å². The van der Waals surface area contributed by atoms with E-state index in [-0.39, 0.29) is 12.5 Å². The average molecular weight is 348 g/mol. The van der Waals surface area contributed by atoms with Gasteiger partial charge in [-0.25, -0.2) is 4.39 Å². The van der Waals surface area contributed by atoms with Crippen LogP contribution in [0.15, 0.2) is 18.3 Å². The number of hydrogen-bond donors (Lipinski definition) is 2. The molecule has 3 heterocycles. The van der Waals surface area contributed by atoms with Gasteiger partial charge in [0.15, 0.2) is 0 Å². The smallest absolute Gasteiger partial charge is 0.312 e. The third kappa shape index (κ3) is 2.14. The number of carboxylic acid groups (broad SMARTS) is 1. The van der Waals surface area contributed by atoms with Gasteiger partial charge in [-0.2, -0.15) is 0 Å². The van der Waals surface area contributed by atoms with Gasteiger partial charge in [-0.3, -0.25) is 14.6 Å². The molecule has 2 saturated carbocycles. The Morgan fingerprint density at radius 3 is 2.48 bits per heavy atom. The summed E-state index contributed by atoms with van der Waals surface area (Å²) >= 11 is 0. The van der Waals surface area contributed by atoms with Crippen molar-refractivity contribution in [3.8, 4) is 0 Å². The van der Waals surface area contributed by atoms with Gasteiger partial charge in [0.05, 0.1) is 28.5 Å². The lowest BCUT2D eigenvalue weighted by Crippen LogP contribution is -2.57. The molecule has 2 saturated heterocycles. The van der Waals surface area contributed by atoms with Gasteiger partial charge in [0.25, 0.3) is 0 Å². The Balaban J connectivity index is 1.44. The highest BCUT2D eigenvalue weighted by atomic mass is 19.1. The number of nitrogens with zero attached hydrogens (tertiary/aromatic N) is 1. The number of amides is 1. The Morgan fingerprint density at radius 1 is 1.32 bits per heavy atom. The lowest BCUT2D eigenvalue weighted by Gasteiger charge is -2.43. The van der Waals surface area contributed by atoms with Crippen molar-refractivity contribution >= 4 is 11.9 Å². The van der Waals surface area contributed by atoms with Crippen LogP contribution in [0.2, 0.25) is 0 Å². The zero-order valence-electron chi connectivity index (χ0n) is 14.3. The van der Waals surface area contributed by atoms with Crippen LogP contribution >= 0.6 is 0 Å². The van der Waals surface area contributed by atoms with Crippen LogP contribution in [0, 0.1) is 11.2 Å². The quantitative estimate of drug-likeness (QED) is 0.847. The molecule has 2 aliphatic heterocycles. The first kappa shape index (κ1) is 16.4. The van der Waals surface area contributed by atoms with E-state index in [1.54, 1.807) is 19.9 Å². The van der Waals surface area contributed by atoms with Crippen LogP contribution in [0.25, 0.3) is 0 Å². The molecule has 1 aromatic heterocycles. The van der Waals surface area contributed by atoms with Crippen molar-refractivity contribution in [3.63, 3.8) is 0 Å². The molecule has 0 radical (unpaired) electrons. The minimum Gasteiger partial charge on any atom is -0.481 e. The van der Waals surface area contributed by atoms with Gasteiger partial charge in [0.1, 0.15) is 11.2 Å². The lowest BCUT2D eigenvalue weighted by atomic mass is 9.56. The maximum atomic E-state index is 13.1. The van der Waals surface area contributed by atoms with Gasteiger partial charge in [-0.05, 0) is 51.7 Å². The number of aliphatic carboxylic acids is 1. The molecule has 6 nitrogen and oxygen atoms in total. The van der Waals surface area contributed by atoms with E-state index in [4.69, 9.17) is 4.74 Å². The summed E-state index contributed by atoms with van der Waals surface area (Å²) < 4.78 is 19.1. The summed E-state index contributed by atoms with van der Waals surface area (Å²) in [5.74, 6) is -1.42. The third-order valence-electron chi connectivity index (χ3n) is 6.25. The number of halogens is 1. The van der Waals surface area contributed by atoms with Crippen LogP contribution in [-0.2, 0) is 19.7 Å². The number of ether oxygens (including phenoxy) is 1. The zero-order chi connectivity index (χ0) is 18.1. The van der Waals surface area contributed by atoms with E-state index in [1.807, 2.05) is 0 Å². The van der Waals surface area contributed by atoms with Crippen molar-refractivity contribution in [3.05, 3.63) is 29.8 Å². The Hall–Kier alpha value is -2.02. The number of carbonyl (C=O) groups is 2. The zero-order valence-corrected chi connectivity index (χ0v) is 14.3. The highest BCUT2D eigenvalue weighted by Gasteiger charge is 2.75. The summed E-state index contributed by atoms with van der Waals surface area (Å²) in [6.45, 7) is 3.87. The molecule has 0 unspecified atom stereocenters. The molecule has 1 aromatic rings. The minimum atomic E-state index is -0.868. The van der Waals surface area contributed by atoms with Crippen molar-refractivity contribution in [1.29, 1.82) is 0 Å². The Kier molecular flexibility index (Phi) is 3.15. The molecule has 7 heteroatoms. The number of carbonyl (C=O) groups excluding carboxylic acids is 1. The first-order valence-electron chi connectivity index (χ1n) is 8.49. The molecule has 25 heavy (non-hydrogen) atoms. The van der Waals surface area contributed by atoms with E-state index in [2.05, 4.69) is 10.3 Å². The highest BCUT2D eigenvalue weighted by molar-refractivity contribution is 5.91. The topological polar surface area (TPSA) is 88.5 Å². The maximum absolute atomic E-state index is 13.1. The van der Waals surface area contributed by atoms with Crippen LogP contribution in [0.5, 0.6) is 0 Å². The predicted molar refractivity (Wildman–Crippen MR) is 85.3 cm³/mol. The standard InChI is InChI=1S/C18H21FN2O4/c1-15(2)18(14(23)24)8-16(9-18,25-15)10-21-13(22)17(5-6-17)12-4-3-11(19)7-20-12/h3-4,7H,5-6,8-10H2,1-2H3,(H,21,22)(H,23,24). The van der Waals surface area contributed by atoms with Gasteiger partial charge < -0.3 is 15.2 Å². The van der Waals surface area contributed by atoms with Crippen LogP contribution in [0.1, 0.15) is 45.2 Å². The number of aromatic nitrogens is 1. The number of rotatable bonds is 5. The summed E-state index contributed by atoms with van der Waals surface area (Å²) in [5, 5.41) is 12.5. The van der Waals surface area contributed by atoms with Crippen molar-refractivity contribution in [2.24, 2.45) is 5.41 Å².